The van der Waals surface area contributed by atoms with E-state index < -0.39 is 0 Å². The molecule has 0 unspecified atom stereocenters. The van der Waals surface area contributed by atoms with Crippen molar-refractivity contribution in [2.45, 2.75) is 6.54 Å². The molecule has 1 saturated heterocycles. The summed E-state index contributed by atoms with van der Waals surface area (Å²) in [5, 5.41) is 0.738. The number of rotatable bonds is 6. The van der Waals surface area contributed by atoms with Gasteiger partial charge in [0.2, 0.25) is 0 Å². The average molecular weight is 473 g/mol. The number of carbonyl (C=O) groups excluding carboxylic acids is 1. The summed E-state index contributed by atoms with van der Waals surface area (Å²) in [6.07, 6.45) is 4.12. The fourth-order valence-electron chi connectivity index (χ4n) is 3.98. The number of benzene rings is 2. The summed E-state index contributed by atoms with van der Waals surface area (Å²) in [4.78, 5) is 19.9. The second kappa shape index (κ2) is 10.9. The molecule has 1 aliphatic heterocycles. The van der Waals surface area contributed by atoms with Crippen LogP contribution in [0.5, 0.6) is 0 Å². The van der Waals surface area contributed by atoms with Crippen molar-refractivity contribution in [1.82, 2.24) is 14.4 Å². The molecule has 0 bridgehead atoms. The van der Waals surface area contributed by atoms with E-state index in [0.29, 0.717) is 13.1 Å². The van der Waals surface area contributed by atoms with Crippen LogP contribution in [0.2, 0.25) is 5.02 Å². The monoisotopic (exact) mass is 472 g/mol. The number of halogens is 2. The third-order valence-corrected chi connectivity index (χ3v) is 5.98. The molecule has 32 heavy (non-hydrogen) atoms. The van der Waals surface area contributed by atoms with Gasteiger partial charge in [0.05, 0.1) is 5.56 Å². The van der Waals surface area contributed by atoms with Gasteiger partial charge in [-0.2, -0.15) is 0 Å². The fourth-order valence-corrected chi connectivity index (χ4v) is 4.17. The van der Waals surface area contributed by atoms with Crippen LogP contribution in [0.1, 0.15) is 10.4 Å². The zero-order valence-electron chi connectivity index (χ0n) is 18.6. The van der Waals surface area contributed by atoms with E-state index in [9.17, 15) is 4.79 Å². The Morgan fingerprint density at radius 2 is 1.69 bits per heavy atom. The molecule has 0 spiro atoms. The molecule has 3 aromatic rings. The number of carbonyl (C=O) groups is 1. The first-order valence-electron chi connectivity index (χ1n) is 10.7. The minimum Gasteiger partial charge on any atom is -0.368 e. The number of anilines is 1. The third-order valence-electron chi connectivity index (χ3n) is 5.74. The topological polar surface area (TPSA) is 31.7 Å². The molecule has 2 heterocycles. The van der Waals surface area contributed by atoms with Crippen LogP contribution in [0.25, 0.3) is 11.1 Å². The number of piperazine rings is 1. The minimum atomic E-state index is 0. The molecular weight excluding hydrogens is 443 g/mol. The van der Waals surface area contributed by atoms with Gasteiger partial charge in [-0.15, -0.1) is 12.4 Å². The Kier molecular flexibility index (Phi) is 8.24. The predicted molar refractivity (Wildman–Crippen MR) is 135 cm³/mol. The standard InChI is InChI=1S/C25H29ClN4O.ClH/c1-27(2)11-12-28-18-23(20-7-4-3-5-8-20)24(19-28)25(31)30-15-13-29(14-16-30)22-10-6-9-21(26)17-22;/h3-10,17-19H,11-16H2,1-2H3;1H. The van der Waals surface area contributed by atoms with E-state index in [4.69, 9.17) is 11.6 Å². The van der Waals surface area contributed by atoms with Gasteiger partial charge >= 0.3 is 0 Å². The van der Waals surface area contributed by atoms with Gasteiger partial charge in [0, 0.05) is 67.9 Å². The van der Waals surface area contributed by atoms with Crippen LogP contribution in [-0.2, 0) is 6.54 Å². The van der Waals surface area contributed by atoms with Crippen molar-refractivity contribution in [2.75, 3.05) is 51.7 Å². The molecule has 1 aromatic heterocycles. The first-order chi connectivity index (χ1) is 15.0. The van der Waals surface area contributed by atoms with Gasteiger partial charge in [-0.05, 0) is 37.9 Å². The number of nitrogens with zero attached hydrogens (tertiary/aromatic N) is 4. The lowest BCUT2D eigenvalue weighted by Gasteiger charge is -2.36. The van der Waals surface area contributed by atoms with Crippen molar-refractivity contribution in [1.29, 1.82) is 0 Å². The zero-order valence-corrected chi connectivity index (χ0v) is 20.1. The van der Waals surface area contributed by atoms with E-state index in [1.165, 1.54) is 0 Å². The Hall–Kier alpha value is -2.47. The number of hydrogen-bond acceptors (Lipinski definition) is 3. The normalized spacial score (nSPS) is 13.9. The van der Waals surface area contributed by atoms with Crippen LogP contribution in [0.3, 0.4) is 0 Å². The Balaban J connectivity index is 0.00000289. The van der Waals surface area contributed by atoms with Crippen molar-refractivity contribution in [3.63, 3.8) is 0 Å². The molecule has 0 N–H and O–H groups in total. The van der Waals surface area contributed by atoms with Crippen LogP contribution in [0.15, 0.2) is 67.0 Å². The molecule has 0 saturated carbocycles. The molecule has 5 nitrogen and oxygen atoms in total. The summed E-state index contributed by atoms with van der Waals surface area (Å²) in [7, 11) is 4.13. The van der Waals surface area contributed by atoms with Crippen molar-refractivity contribution in [3.05, 3.63) is 77.6 Å². The van der Waals surface area contributed by atoms with Crippen molar-refractivity contribution in [2.24, 2.45) is 0 Å². The molecule has 1 amide bonds. The van der Waals surface area contributed by atoms with E-state index in [-0.39, 0.29) is 18.3 Å². The Bertz CT molecular complexity index is 1030. The highest BCUT2D eigenvalue weighted by Gasteiger charge is 2.25. The van der Waals surface area contributed by atoms with Gasteiger partial charge in [-0.1, -0.05) is 48.0 Å². The summed E-state index contributed by atoms with van der Waals surface area (Å²) < 4.78 is 2.14. The van der Waals surface area contributed by atoms with Crippen molar-refractivity contribution in [3.8, 4) is 11.1 Å². The van der Waals surface area contributed by atoms with Gasteiger partial charge in [0.1, 0.15) is 0 Å². The molecule has 170 valence electrons. The molecule has 2 aromatic carbocycles. The predicted octanol–water partition coefficient (Wildman–Crippen LogP) is 4.75. The largest absolute Gasteiger partial charge is 0.368 e. The van der Waals surface area contributed by atoms with Crippen LogP contribution < -0.4 is 4.90 Å². The van der Waals surface area contributed by atoms with Crippen LogP contribution in [0.4, 0.5) is 5.69 Å². The maximum Gasteiger partial charge on any atom is 0.256 e. The number of aromatic nitrogens is 1. The lowest BCUT2D eigenvalue weighted by Crippen LogP contribution is -2.48. The first kappa shape index (κ1) is 24.2. The van der Waals surface area contributed by atoms with Gasteiger partial charge in [-0.25, -0.2) is 0 Å². The highest BCUT2D eigenvalue weighted by Crippen LogP contribution is 2.27. The summed E-state index contributed by atoms with van der Waals surface area (Å²) in [6.45, 7) is 4.77. The Morgan fingerprint density at radius 1 is 0.969 bits per heavy atom. The summed E-state index contributed by atoms with van der Waals surface area (Å²) in [5.41, 5.74) is 3.97. The SMILES string of the molecule is CN(C)CCn1cc(C(=O)N2CCN(c3cccc(Cl)c3)CC2)c(-c2ccccc2)c1.Cl. The molecular formula is C25H30Cl2N4O. The van der Waals surface area contributed by atoms with Crippen LogP contribution in [-0.4, -0.2) is 67.1 Å². The highest BCUT2D eigenvalue weighted by molar-refractivity contribution is 6.30. The molecule has 0 atom stereocenters. The smallest absolute Gasteiger partial charge is 0.256 e. The fraction of sp³-hybridized carbons (Fsp3) is 0.320. The summed E-state index contributed by atoms with van der Waals surface area (Å²) in [5.74, 6) is 0.105. The second-order valence-electron chi connectivity index (χ2n) is 8.25. The minimum absolute atomic E-state index is 0. The van der Waals surface area contributed by atoms with E-state index in [1.807, 2.05) is 47.5 Å². The van der Waals surface area contributed by atoms with Gasteiger partial charge in [-0.3, -0.25) is 4.79 Å². The summed E-state index contributed by atoms with van der Waals surface area (Å²) >= 11 is 6.15. The van der Waals surface area contributed by atoms with Gasteiger partial charge in [0.25, 0.3) is 5.91 Å². The summed E-state index contributed by atoms with van der Waals surface area (Å²) in [6, 6.07) is 18.1. The number of hydrogen-bond donors (Lipinski definition) is 0. The average Bonchev–Trinajstić information content (AvgIpc) is 3.22. The zero-order chi connectivity index (χ0) is 21.8. The van der Waals surface area contributed by atoms with E-state index in [1.54, 1.807) is 0 Å². The van der Waals surface area contributed by atoms with Gasteiger partial charge < -0.3 is 19.3 Å². The molecule has 7 heteroatoms. The van der Waals surface area contributed by atoms with Crippen molar-refractivity contribution >= 4 is 35.6 Å². The first-order valence-corrected chi connectivity index (χ1v) is 11.1. The number of likely N-dealkylation sites (N-methyl/N-ethyl adjacent to an activating group) is 1. The quantitative estimate of drug-likeness (QED) is 0.518. The van der Waals surface area contributed by atoms with Crippen molar-refractivity contribution < 1.29 is 4.79 Å². The number of amides is 1. The molecule has 1 fully saturated rings. The lowest BCUT2D eigenvalue weighted by atomic mass is 10.0. The lowest BCUT2D eigenvalue weighted by molar-refractivity contribution is 0.0747. The van der Waals surface area contributed by atoms with E-state index in [0.717, 1.165) is 53.6 Å². The Labute approximate surface area is 201 Å². The highest BCUT2D eigenvalue weighted by atomic mass is 35.5. The van der Waals surface area contributed by atoms with E-state index in [2.05, 4.69) is 52.9 Å². The maximum absolute atomic E-state index is 13.5. The third kappa shape index (κ3) is 5.66. The van der Waals surface area contributed by atoms with Crippen LogP contribution in [0, 0.1) is 0 Å². The molecule has 0 radical (unpaired) electrons. The maximum atomic E-state index is 13.5. The molecule has 4 rings (SSSR count). The molecule has 0 aliphatic carbocycles. The Morgan fingerprint density at radius 3 is 2.34 bits per heavy atom. The van der Waals surface area contributed by atoms with E-state index >= 15 is 0 Å². The van der Waals surface area contributed by atoms with Crippen LogP contribution >= 0.6 is 24.0 Å². The second-order valence-corrected chi connectivity index (χ2v) is 8.69. The van der Waals surface area contributed by atoms with Gasteiger partial charge in [0.15, 0.2) is 0 Å². The molecule has 1 aliphatic rings.